The maximum Gasteiger partial charge on any atom is 0.409 e. The molecular formula is C16H13Cl2NO3. The molecule has 0 saturated carbocycles. The summed E-state index contributed by atoms with van der Waals surface area (Å²) in [4.78, 5) is 11.3. The predicted octanol–water partition coefficient (Wildman–Crippen LogP) is 4.28. The van der Waals surface area contributed by atoms with Crippen molar-refractivity contribution in [1.82, 2.24) is 5.32 Å². The SMILES string of the molecule is CNC(=O)OC1Cc2cccc(-c3ccc(Cl)cc3Cl)c2O1. The van der Waals surface area contributed by atoms with Gasteiger partial charge in [-0.05, 0) is 12.1 Å². The third-order valence-electron chi connectivity index (χ3n) is 3.40. The average molecular weight is 338 g/mol. The van der Waals surface area contributed by atoms with Crippen molar-refractivity contribution in [2.45, 2.75) is 12.7 Å². The molecule has 3 rings (SSSR count). The van der Waals surface area contributed by atoms with Crippen LogP contribution in [0.3, 0.4) is 0 Å². The van der Waals surface area contributed by atoms with E-state index in [1.54, 1.807) is 12.1 Å². The summed E-state index contributed by atoms with van der Waals surface area (Å²) in [5, 5.41) is 3.52. The number of amides is 1. The Morgan fingerprint density at radius 1 is 1.27 bits per heavy atom. The molecule has 0 radical (unpaired) electrons. The molecule has 1 heterocycles. The first-order valence-electron chi connectivity index (χ1n) is 6.71. The van der Waals surface area contributed by atoms with Gasteiger partial charge in [0.1, 0.15) is 5.75 Å². The van der Waals surface area contributed by atoms with E-state index in [2.05, 4.69) is 5.32 Å². The van der Waals surface area contributed by atoms with E-state index in [1.165, 1.54) is 7.05 Å². The number of ether oxygens (including phenoxy) is 2. The molecule has 1 unspecified atom stereocenters. The number of nitrogens with one attached hydrogen (secondary N) is 1. The van der Waals surface area contributed by atoms with Crippen molar-refractivity contribution in [2.24, 2.45) is 0 Å². The first-order chi connectivity index (χ1) is 10.6. The van der Waals surface area contributed by atoms with E-state index in [-0.39, 0.29) is 0 Å². The molecule has 2 aromatic rings. The summed E-state index contributed by atoms with van der Waals surface area (Å²) in [6, 6.07) is 11.1. The fourth-order valence-corrected chi connectivity index (χ4v) is 2.91. The molecule has 1 aliphatic rings. The van der Waals surface area contributed by atoms with E-state index < -0.39 is 12.4 Å². The van der Waals surface area contributed by atoms with Crippen molar-refractivity contribution in [3.63, 3.8) is 0 Å². The van der Waals surface area contributed by atoms with Gasteiger partial charge < -0.3 is 14.8 Å². The Morgan fingerprint density at radius 2 is 2.09 bits per heavy atom. The van der Waals surface area contributed by atoms with Crippen molar-refractivity contribution in [1.29, 1.82) is 0 Å². The molecule has 0 bridgehead atoms. The van der Waals surface area contributed by atoms with Crippen molar-refractivity contribution >= 4 is 29.3 Å². The van der Waals surface area contributed by atoms with Gasteiger partial charge in [-0.15, -0.1) is 0 Å². The molecule has 1 atom stereocenters. The number of hydrogen-bond donors (Lipinski definition) is 1. The molecule has 114 valence electrons. The number of carbonyl (C=O) groups excluding carboxylic acids is 1. The molecule has 6 heteroatoms. The summed E-state index contributed by atoms with van der Waals surface area (Å²) in [7, 11) is 1.50. The highest BCUT2D eigenvalue weighted by molar-refractivity contribution is 6.36. The maximum absolute atomic E-state index is 11.3. The Balaban J connectivity index is 1.94. The zero-order valence-electron chi connectivity index (χ0n) is 11.7. The molecule has 0 aromatic heterocycles. The Hall–Kier alpha value is -1.91. The summed E-state index contributed by atoms with van der Waals surface area (Å²) in [5.41, 5.74) is 2.64. The maximum atomic E-state index is 11.3. The number of halogens is 2. The second-order valence-electron chi connectivity index (χ2n) is 4.82. The molecule has 0 aliphatic carbocycles. The zero-order valence-corrected chi connectivity index (χ0v) is 13.2. The van der Waals surface area contributed by atoms with E-state index in [4.69, 9.17) is 32.7 Å². The summed E-state index contributed by atoms with van der Waals surface area (Å²) >= 11 is 12.2. The van der Waals surface area contributed by atoms with Gasteiger partial charge in [-0.1, -0.05) is 47.5 Å². The topological polar surface area (TPSA) is 47.6 Å². The van der Waals surface area contributed by atoms with Crippen LogP contribution in [0.5, 0.6) is 5.75 Å². The summed E-state index contributed by atoms with van der Waals surface area (Å²) in [6.45, 7) is 0. The van der Waals surface area contributed by atoms with E-state index >= 15 is 0 Å². The number of rotatable bonds is 2. The second kappa shape index (κ2) is 6.07. The average Bonchev–Trinajstić information content (AvgIpc) is 2.89. The summed E-state index contributed by atoms with van der Waals surface area (Å²) in [6.07, 6.45) is -0.659. The molecule has 22 heavy (non-hydrogen) atoms. The van der Waals surface area contributed by atoms with Gasteiger partial charge in [0.05, 0.1) is 11.4 Å². The molecule has 4 nitrogen and oxygen atoms in total. The van der Waals surface area contributed by atoms with Crippen molar-refractivity contribution in [3.8, 4) is 16.9 Å². The van der Waals surface area contributed by atoms with Crippen molar-refractivity contribution in [2.75, 3.05) is 7.05 Å². The van der Waals surface area contributed by atoms with Gasteiger partial charge >= 0.3 is 6.09 Å². The Bertz CT molecular complexity index is 733. The van der Waals surface area contributed by atoms with Crippen LogP contribution in [0, 0.1) is 0 Å². The number of fused-ring (bicyclic) bond motifs is 1. The third-order valence-corrected chi connectivity index (χ3v) is 3.94. The van der Waals surface area contributed by atoms with Gasteiger partial charge in [0.2, 0.25) is 6.29 Å². The minimum atomic E-state index is -0.637. The van der Waals surface area contributed by atoms with E-state index in [9.17, 15) is 4.79 Å². The monoisotopic (exact) mass is 337 g/mol. The summed E-state index contributed by atoms with van der Waals surface area (Å²) < 4.78 is 10.9. The van der Waals surface area contributed by atoms with Crippen LogP contribution in [-0.4, -0.2) is 19.4 Å². The molecule has 1 aliphatic heterocycles. The van der Waals surface area contributed by atoms with Crippen LogP contribution in [0.4, 0.5) is 4.79 Å². The quantitative estimate of drug-likeness (QED) is 0.889. The molecule has 1 amide bonds. The minimum absolute atomic E-state index is 0.502. The number of hydrogen-bond acceptors (Lipinski definition) is 3. The van der Waals surface area contributed by atoms with Crippen LogP contribution in [0.25, 0.3) is 11.1 Å². The fourth-order valence-electron chi connectivity index (χ4n) is 2.40. The number of benzene rings is 2. The van der Waals surface area contributed by atoms with E-state index in [0.29, 0.717) is 22.2 Å². The lowest BCUT2D eigenvalue weighted by atomic mass is 10.0. The van der Waals surface area contributed by atoms with Crippen LogP contribution in [-0.2, 0) is 11.2 Å². The van der Waals surface area contributed by atoms with Crippen molar-refractivity contribution in [3.05, 3.63) is 52.0 Å². The number of alkyl carbamates (subject to hydrolysis) is 1. The van der Waals surface area contributed by atoms with Gasteiger partial charge in [-0.2, -0.15) is 0 Å². The van der Waals surface area contributed by atoms with Crippen LogP contribution in [0.2, 0.25) is 10.0 Å². The molecular weight excluding hydrogens is 325 g/mol. The minimum Gasteiger partial charge on any atom is -0.453 e. The fraction of sp³-hybridized carbons (Fsp3) is 0.188. The van der Waals surface area contributed by atoms with E-state index in [1.807, 2.05) is 24.3 Å². The standard InChI is InChI=1S/C16H13Cl2NO3/c1-19-16(20)22-14-7-9-3-2-4-12(15(9)21-14)11-6-5-10(17)8-13(11)18/h2-6,8,14H,7H2,1H3,(H,19,20). The van der Waals surface area contributed by atoms with Crippen LogP contribution < -0.4 is 10.1 Å². The number of carbonyl (C=O) groups is 1. The molecule has 2 aromatic carbocycles. The highest BCUT2D eigenvalue weighted by atomic mass is 35.5. The van der Waals surface area contributed by atoms with Gasteiger partial charge in [0.25, 0.3) is 0 Å². The first-order valence-corrected chi connectivity index (χ1v) is 7.46. The lowest BCUT2D eigenvalue weighted by Gasteiger charge is -2.13. The largest absolute Gasteiger partial charge is 0.453 e. The first kappa shape index (κ1) is 15.0. The highest BCUT2D eigenvalue weighted by Gasteiger charge is 2.28. The van der Waals surface area contributed by atoms with Gasteiger partial charge in [0.15, 0.2) is 0 Å². The normalized spacial score (nSPS) is 15.9. The molecule has 0 saturated heterocycles. The Morgan fingerprint density at radius 3 is 2.82 bits per heavy atom. The second-order valence-corrected chi connectivity index (χ2v) is 5.67. The predicted molar refractivity (Wildman–Crippen MR) is 85.6 cm³/mol. The van der Waals surface area contributed by atoms with E-state index in [0.717, 1.165) is 16.7 Å². The molecule has 1 N–H and O–H groups in total. The lowest BCUT2D eigenvalue weighted by molar-refractivity contribution is -0.0153. The van der Waals surface area contributed by atoms with Crippen LogP contribution in [0.15, 0.2) is 36.4 Å². The smallest absolute Gasteiger partial charge is 0.409 e. The Kier molecular flexibility index (Phi) is 4.14. The van der Waals surface area contributed by atoms with Gasteiger partial charge in [-0.25, -0.2) is 4.79 Å². The Labute approximate surface area is 137 Å². The zero-order chi connectivity index (χ0) is 15.7. The molecule has 0 fully saturated rings. The molecule has 0 spiro atoms. The van der Waals surface area contributed by atoms with Gasteiger partial charge in [0, 0.05) is 28.8 Å². The number of para-hydroxylation sites is 1. The highest BCUT2D eigenvalue weighted by Crippen LogP contribution is 2.41. The van der Waals surface area contributed by atoms with Crippen molar-refractivity contribution < 1.29 is 14.3 Å². The lowest BCUT2D eigenvalue weighted by Crippen LogP contribution is -2.28. The van der Waals surface area contributed by atoms with Gasteiger partial charge in [-0.3, -0.25) is 0 Å². The third kappa shape index (κ3) is 2.85. The van der Waals surface area contributed by atoms with Crippen LogP contribution >= 0.6 is 23.2 Å². The van der Waals surface area contributed by atoms with Crippen LogP contribution in [0.1, 0.15) is 5.56 Å². The summed E-state index contributed by atoms with van der Waals surface area (Å²) in [5.74, 6) is 0.681.